The number of ether oxygens (including phenoxy) is 1. The van der Waals surface area contributed by atoms with E-state index in [1.165, 1.54) is 0 Å². The van der Waals surface area contributed by atoms with Crippen LogP contribution in [0.4, 0.5) is 27.5 Å². The number of nitrogens with zero attached hydrogens (tertiary/aromatic N) is 3. The van der Waals surface area contributed by atoms with Gasteiger partial charge < -0.3 is 15.0 Å². The van der Waals surface area contributed by atoms with Gasteiger partial charge in [0.2, 0.25) is 5.95 Å². The lowest BCUT2D eigenvalue weighted by atomic mass is 10.3. The van der Waals surface area contributed by atoms with E-state index in [9.17, 15) is 12.8 Å². The zero-order valence-corrected chi connectivity index (χ0v) is 18.8. The largest absolute Gasteiger partial charge is 0.378 e. The molecule has 2 aromatic carbocycles. The van der Waals surface area contributed by atoms with E-state index in [0.29, 0.717) is 30.7 Å². The third-order valence-corrected chi connectivity index (χ3v) is 6.42. The van der Waals surface area contributed by atoms with Crippen LogP contribution >= 0.6 is 11.6 Å². The Morgan fingerprint density at radius 2 is 1.72 bits per heavy atom. The molecule has 1 saturated heterocycles. The smallest absolute Gasteiger partial charge is 0.261 e. The molecular formula is C21H21ClFN5O3S. The SMILES string of the molecule is Cc1cc(Nc2ccc(NS(=O)(=O)c3ccc(F)c(Cl)c3)cc2)nc(N2CCOCC2)n1. The number of aromatic nitrogens is 2. The molecule has 0 bridgehead atoms. The van der Waals surface area contributed by atoms with Crippen molar-refractivity contribution in [1.29, 1.82) is 0 Å². The number of hydrogen-bond acceptors (Lipinski definition) is 7. The average molecular weight is 478 g/mol. The van der Waals surface area contributed by atoms with E-state index < -0.39 is 15.8 Å². The molecule has 168 valence electrons. The monoisotopic (exact) mass is 477 g/mol. The summed E-state index contributed by atoms with van der Waals surface area (Å²) in [5, 5.41) is 2.95. The summed E-state index contributed by atoms with van der Waals surface area (Å²) in [5.41, 5.74) is 1.90. The van der Waals surface area contributed by atoms with Gasteiger partial charge in [-0.1, -0.05) is 11.6 Å². The topological polar surface area (TPSA) is 96.5 Å². The van der Waals surface area contributed by atoms with E-state index in [-0.39, 0.29) is 9.92 Å². The van der Waals surface area contributed by atoms with Crippen molar-refractivity contribution in [1.82, 2.24) is 9.97 Å². The number of rotatable bonds is 6. The van der Waals surface area contributed by atoms with Crippen LogP contribution in [0.25, 0.3) is 0 Å². The predicted octanol–water partition coefficient (Wildman–Crippen LogP) is 3.96. The third kappa shape index (κ3) is 5.26. The van der Waals surface area contributed by atoms with Crippen molar-refractivity contribution in [3.63, 3.8) is 0 Å². The summed E-state index contributed by atoms with van der Waals surface area (Å²) in [4.78, 5) is 11.0. The number of sulfonamides is 1. The third-order valence-electron chi connectivity index (χ3n) is 4.75. The number of anilines is 4. The van der Waals surface area contributed by atoms with Crippen molar-refractivity contribution >= 4 is 44.8 Å². The number of halogens is 2. The minimum atomic E-state index is -3.91. The average Bonchev–Trinajstić information content (AvgIpc) is 2.77. The Morgan fingerprint density at radius 3 is 2.41 bits per heavy atom. The second-order valence-corrected chi connectivity index (χ2v) is 9.27. The quantitative estimate of drug-likeness (QED) is 0.554. The van der Waals surface area contributed by atoms with Gasteiger partial charge in [-0.15, -0.1) is 0 Å². The number of morpholine rings is 1. The Kier molecular flexibility index (Phi) is 6.45. The fourth-order valence-corrected chi connectivity index (χ4v) is 4.48. The van der Waals surface area contributed by atoms with Crippen molar-refractivity contribution in [3.8, 4) is 0 Å². The van der Waals surface area contributed by atoms with E-state index in [0.717, 1.165) is 42.7 Å². The molecule has 0 amide bonds. The van der Waals surface area contributed by atoms with Crippen LogP contribution < -0.4 is 14.9 Å². The maximum absolute atomic E-state index is 13.3. The molecule has 1 aliphatic heterocycles. The Morgan fingerprint density at radius 1 is 1.03 bits per heavy atom. The summed E-state index contributed by atoms with van der Waals surface area (Å²) in [7, 11) is -3.91. The molecule has 3 aromatic rings. The number of benzene rings is 2. The Balaban J connectivity index is 1.47. The zero-order chi connectivity index (χ0) is 22.7. The van der Waals surface area contributed by atoms with Gasteiger partial charge in [0, 0.05) is 36.2 Å². The molecule has 0 unspecified atom stereocenters. The maximum Gasteiger partial charge on any atom is 0.261 e. The van der Waals surface area contributed by atoms with Gasteiger partial charge in [-0.3, -0.25) is 4.72 Å². The van der Waals surface area contributed by atoms with Crippen molar-refractivity contribution in [3.05, 3.63) is 65.1 Å². The maximum atomic E-state index is 13.3. The molecule has 1 aromatic heterocycles. The number of nitrogens with one attached hydrogen (secondary N) is 2. The summed E-state index contributed by atoms with van der Waals surface area (Å²) in [6.07, 6.45) is 0. The van der Waals surface area contributed by atoms with Crippen LogP contribution in [0.2, 0.25) is 5.02 Å². The zero-order valence-electron chi connectivity index (χ0n) is 17.2. The fraction of sp³-hybridized carbons (Fsp3) is 0.238. The van der Waals surface area contributed by atoms with Crippen LogP contribution in [0, 0.1) is 12.7 Å². The fourth-order valence-electron chi connectivity index (χ4n) is 3.15. The minimum Gasteiger partial charge on any atom is -0.378 e. The molecule has 0 saturated carbocycles. The van der Waals surface area contributed by atoms with E-state index >= 15 is 0 Å². The van der Waals surface area contributed by atoms with Crippen LogP contribution in [-0.4, -0.2) is 44.7 Å². The van der Waals surface area contributed by atoms with Crippen molar-refractivity contribution in [2.24, 2.45) is 0 Å². The van der Waals surface area contributed by atoms with Crippen LogP contribution in [0.5, 0.6) is 0 Å². The minimum absolute atomic E-state index is 0.127. The Labute approximate surface area is 190 Å². The van der Waals surface area contributed by atoms with Crippen LogP contribution in [0.15, 0.2) is 53.4 Å². The number of aryl methyl sites for hydroxylation is 1. The first kappa shape index (κ1) is 22.3. The number of hydrogen-bond donors (Lipinski definition) is 2. The second-order valence-electron chi connectivity index (χ2n) is 7.18. The molecule has 0 atom stereocenters. The van der Waals surface area contributed by atoms with Crippen LogP contribution in [-0.2, 0) is 14.8 Å². The van der Waals surface area contributed by atoms with Gasteiger partial charge in [0.15, 0.2) is 0 Å². The summed E-state index contributed by atoms with van der Waals surface area (Å²) in [5.74, 6) is 0.587. The van der Waals surface area contributed by atoms with E-state index in [1.54, 1.807) is 24.3 Å². The van der Waals surface area contributed by atoms with Gasteiger partial charge in [0.25, 0.3) is 10.0 Å². The lowest BCUT2D eigenvalue weighted by Crippen LogP contribution is -2.37. The molecule has 4 rings (SSSR count). The molecule has 1 aliphatic rings. The van der Waals surface area contributed by atoms with Gasteiger partial charge in [-0.05, 0) is 49.4 Å². The molecule has 2 N–H and O–H groups in total. The highest BCUT2D eigenvalue weighted by molar-refractivity contribution is 7.92. The summed E-state index contributed by atoms with van der Waals surface area (Å²) in [6, 6.07) is 11.7. The van der Waals surface area contributed by atoms with E-state index in [2.05, 4.69) is 24.9 Å². The van der Waals surface area contributed by atoms with Crippen molar-refractivity contribution < 1.29 is 17.5 Å². The Bertz CT molecular complexity index is 1220. The van der Waals surface area contributed by atoms with Crippen LogP contribution in [0.1, 0.15) is 5.69 Å². The van der Waals surface area contributed by atoms with E-state index in [1.807, 2.05) is 13.0 Å². The van der Waals surface area contributed by atoms with Crippen LogP contribution in [0.3, 0.4) is 0 Å². The van der Waals surface area contributed by atoms with Gasteiger partial charge in [-0.25, -0.2) is 17.8 Å². The highest BCUT2D eigenvalue weighted by atomic mass is 35.5. The standard InChI is InChI=1S/C21H21ClFN5O3S/c1-14-12-20(26-21(24-14)28-8-10-31-11-9-28)25-15-2-4-16(5-3-15)27-32(29,30)17-6-7-19(23)18(22)13-17/h2-7,12-13,27H,8-11H2,1H3,(H,24,25,26). The van der Waals surface area contributed by atoms with Gasteiger partial charge in [0.05, 0.1) is 23.1 Å². The molecule has 11 heteroatoms. The molecule has 1 fully saturated rings. The van der Waals surface area contributed by atoms with Gasteiger partial charge in [-0.2, -0.15) is 4.98 Å². The molecule has 0 aliphatic carbocycles. The van der Waals surface area contributed by atoms with Gasteiger partial charge in [0.1, 0.15) is 11.6 Å². The highest BCUT2D eigenvalue weighted by Crippen LogP contribution is 2.24. The summed E-state index contributed by atoms with van der Waals surface area (Å²) < 4.78 is 46.2. The second kappa shape index (κ2) is 9.27. The van der Waals surface area contributed by atoms with Crippen molar-refractivity contribution in [2.75, 3.05) is 41.2 Å². The predicted molar refractivity (Wildman–Crippen MR) is 122 cm³/mol. The molecule has 32 heavy (non-hydrogen) atoms. The lowest BCUT2D eigenvalue weighted by Gasteiger charge is -2.27. The lowest BCUT2D eigenvalue weighted by molar-refractivity contribution is 0.122. The summed E-state index contributed by atoms with van der Waals surface area (Å²) in [6.45, 7) is 4.65. The Hall–Kier alpha value is -2.95. The highest BCUT2D eigenvalue weighted by Gasteiger charge is 2.17. The first-order chi connectivity index (χ1) is 15.3. The summed E-state index contributed by atoms with van der Waals surface area (Å²) >= 11 is 5.70. The van der Waals surface area contributed by atoms with Crippen molar-refractivity contribution in [2.45, 2.75) is 11.8 Å². The molecule has 0 spiro atoms. The normalized spacial score (nSPS) is 14.3. The molecule has 2 heterocycles. The molecule has 0 radical (unpaired) electrons. The van der Waals surface area contributed by atoms with Gasteiger partial charge >= 0.3 is 0 Å². The molecular weight excluding hydrogens is 457 g/mol. The first-order valence-corrected chi connectivity index (χ1v) is 11.7. The first-order valence-electron chi connectivity index (χ1n) is 9.83. The van der Waals surface area contributed by atoms with E-state index in [4.69, 9.17) is 16.3 Å². The molecule has 8 nitrogen and oxygen atoms in total.